The SMILES string of the molecule is CN[C@H]1CCc2ccsc2CC1. The number of fused-ring (bicyclic) bond motifs is 1. The van der Waals surface area contributed by atoms with E-state index in [1.807, 2.05) is 11.3 Å². The van der Waals surface area contributed by atoms with Crippen molar-refractivity contribution in [3.63, 3.8) is 0 Å². The molecule has 0 aliphatic heterocycles. The molecule has 1 atom stereocenters. The maximum atomic E-state index is 3.37. The van der Waals surface area contributed by atoms with Gasteiger partial charge in [0.2, 0.25) is 0 Å². The Morgan fingerprint density at radius 1 is 1.42 bits per heavy atom. The zero-order chi connectivity index (χ0) is 8.39. The zero-order valence-electron chi connectivity index (χ0n) is 7.47. The summed E-state index contributed by atoms with van der Waals surface area (Å²) in [4.78, 5) is 1.62. The molecule has 0 saturated heterocycles. The van der Waals surface area contributed by atoms with Crippen LogP contribution in [-0.2, 0) is 12.8 Å². The minimum atomic E-state index is 0.740. The highest BCUT2D eigenvalue weighted by Crippen LogP contribution is 2.25. The molecule has 0 bridgehead atoms. The standard InChI is InChI=1S/C10H15NS/c1-11-9-3-2-8-6-7-12-10(8)5-4-9/h6-7,9,11H,2-5H2,1H3/t9-/m0/s1. The lowest BCUT2D eigenvalue weighted by Crippen LogP contribution is -2.24. The van der Waals surface area contributed by atoms with E-state index in [0.29, 0.717) is 0 Å². The first-order chi connectivity index (χ1) is 5.90. The molecule has 1 aliphatic carbocycles. The fraction of sp³-hybridized carbons (Fsp3) is 0.600. The maximum absolute atomic E-state index is 3.37. The first-order valence-electron chi connectivity index (χ1n) is 4.62. The number of hydrogen-bond donors (Lipinski definition) is 1. The van der Waals surface area contributed by atoms with Crippen LogP contribution in [-0.4, -0.2) is 13.1 Å². The molecule has 0 aromatic carbocycles. The Labute approximate surface area is 77.8 Å². The van der Waals surface area contributed by atoms with Crippen molar-refractivity contribution in [1.29, 1.82) is 0 Å². The second kappa shape index (κ2) is 3.58. The number of nitrogens with one attached hydrogen (secondary N) is 1. The van der Waals surface area contributed by atoms with Gasteiger partial charge in [-0.3, -0.25) is 0 Å². The summed E-state index contributed by atoms with van der Waals surface area (Å²) in [5, 5.41) is 5.60. The van der Waals surface area contributed by atoms with E-state index < -0.39 is 0 Å². The minimum absolute atomic E-state index is 0.740. The molecule has 1 heterocycles. The van der Waals surface area contributed by atoms with E-state index in [1.165, 1.54) is 25.7 Å². The molecule has 1 aromatic heterocycles. The second-order valence-electron chi connectivity index (χ2n) is 3.43. The highest BCUT2D eigenvalue weighted by atomic mass is 32.1. The van der Waals surface area contributed by atoms with E-state index in [9.17, 15) is 0 Å². The molecule has 2 rings (SSSR count). The van der Waals surface area contributed by atoms with Crippen LogP contribution in [0, 0.1) is 0 Å². The first-order valence-corrected chi connectivity index (χ1v) is 5.50. The van der Waals surface area contributed by atoms with Crippen molar-refractivity contribution in [2.24, 2.45) is 0 Å². The number of rotatable bonds is 1. The number of thiophene rings is 1. The fourth-order valence-electron chi connectivity index (χ4n) is 1.88. The molecule has 0 amide bonds. The maximum Gasteiger partial charge on any atom is 0.00778 e. The summed E-state index contributed by atoms with van der Waals surface area (Å²) in [6, 6.07) is 3.03. The quantitative estimate of drug-likeness (QED) is 0.655. The molecule has 0 spiro atoms. The topological polar surface area (TPSA) is 12.0 Å². The van der Waals surface area contributed by atoms with Crippen molar-refractivity contribution in [2.45, 2.75) is 31.7 Å². The largest absolute Gasteiger partial charge is 0.317 e. The van der Waals surface area contributed by atoms with Crippen molar-refractivity contribution >= 4 is 11.3 Å². The Morgan fingerprint density at radius 3 is 3.08 bits per heavy atom. The average molecular weight is 181 g/mol. The summed E-state index contributed by atoms with van der Waals surface area (Å²) in [5.41, 5.74) is 1.60. The highest BCUT2D eigenvalue weighted by Gasteiger charge is 2.14. The van der Waals surface area contributed by atoms with E-state index in [1.54, 1.807) is 10.4 Å². The fourth-order valence-corrected chi connectivity index (χ4v) is 2.83. The Bertz CT molecular complexity index is 232. The third-order valence-electron chi connectivity index (χ3n) is 2.73. The van der Waals surface area contributed by atoms with Crippen molar-refractivity contribution < 1.29 is 0 Å². The van der Waals surface area contributed by atoms with Crippen molar-refractivity contribution in [1.82, 2.24) is 5.32 Å². The van der Waals surface area contributed by atoms with Crippen LogP contribution in [0.4, 0.5) is 0 Å². The molecule has 12 heavy (non-hydrogen) atoms. The van der Waals surface area contributed by atoms with Gasteiger partial charge in [-0.15, -0.1) is 11.3 Å². The lowest BCUT2D eigenvalue weighted by atomic mass is 10.1. The van der Waals surface area contributed by atoms with Gasteiger partial charge >= 0.3 is 0 Å². The van der Waals surface area contributed by atoms with Gasteiger partial charge in [0.05, 0.1) is 0 Å². The molecule has 66 valence electrons. The van der Waals surface area contributed by atoms with Gasteiger partial charge < -0.3 is 5.32 Å². The molecular formula is C10H15NS. The smallest absolute Gasteiger partial charge is 0.00778 e. The van der Waals surface area contributed by atoms with Crippen LogP contribution < -0.4 is 5.32 Å². The van der Waals surface area contributed by atoms with E-state index in [0.717, 1.165) is 6.04 Å². The Kier molecular flexibility index (Phi) is 2.47. The van der Waals surface area contributed by atoms with Crippen molar-refractivity contribution in [3.05, 3.63) is 21.9 Å². The number of aryl methyl sites for hydroxylation is 2. The summed E-state index contributed by atoms with van der Waals surface area (Å²) < 4.78 is 0. The van der Waals surface area contributed by atoms with Gasteiger partial charge in [0.25, 0.3) is 0 Å². The lowest BCUT2D eigenvalue weighted by molar-refractivity contribution is 0.504. The molecule has 0 unspecified atom stereocenters. The summed E-state index contributed by atoms with van der Waals surface area (Å²) >= 11 is 1.92. The summed E-state index contributed by atoms with van der Waals surface area (Å²) in [6.45, 7) is 0. The zero-order valence-corrected chi connectivity index (χ0v) is 8.29. The van der Waals surface area contributed by atoms with Gasteiger partial charge in [-0.1, -0.05) is 0 Å². The van der Waals surface area contributed by atoms with Gasteiger partial charge in [-0.05, 0) is 49.7 Å². The Morgan fingerprint density at radius 2 is 2.25 bits per heavy atom. The monoisotopic (exact) mass is 181 g/mol. The predicted molar refractivity (Wildman–Crippen MR) is 53.8 cm³/mol. The predicted octanol–water partition coefficient (Wildman–Crippen LogP) is 2.21. The van der Waals surface area contributed by atoms with Crippen LogP contribution in [0.5, 0.6) is 0 Å². The average Bonchev–Trinajstić information content (AvgIpc) is 2.46. The molecule has 2 heteroatoms. The van der Waals surface area contributed by atoms with Gasteiger partial charge in [0.15, 0.2) is 0 Å². The second-order valence-corrected chi connectivity index (χ2v) is 4.43. The first kappa shape index (κ1) is 8.27. The third-order valence-corrected chi connectivity index (χ3v) is 3.75. The van der Waals surface area contributed by atoms with Gasteiger partial charge in [-0.2, -0.15) is 0 Å². The van der Waals surface area contributed by atoms with Crippen LogP contribution in [0.1, 0.15) is 23.3 Å². The lowest BCUT2D eigenvalue weighted by Gasteiger charge is -2.11. The van der Waals surface area contributed by atoms with Gasteiger partial charge in [0.1, 0.15) is 0 Å². The molecule has 0 fully saturated rings. The molecule has 1 N–H and O–H groups in total. The van der Waals surface area contributed by atoms with Crippen LogP contribution in [0.3, 0.4) is 0 Å². The van der Waals surface area contributed by atoms with Gasteiger partial charge in [0, 0.05) is 10.9 Å². The van der Waals surface area contributed by atoms with Crippen LogP contribution in [0.25, 0.3) is 0 Å². The number of hydrogen-bond acceptors (Lipinski definition) is 2. The van der Waals surface area contributed by atoms with E-state index in [2.05, 4.69) is 23.8 Å². The summed E-state index contributed by atoms with van der Waals surface area (Å²) in [6.07, 6.45) is 5.16. The van der Waals surface area contributed by atoms with E-state index >= 15 is 0 Å². The van der Waals surface area contributed by atoms with E-state index in [-0.39, 0.29) is 0 Å². The van der Waals surface area contributed by atoms with Crippen LogP contribution >= 0.6 is 11.3 Å². The van der Waals surface area contributed by atoms with Gasteiger partial charge in [-0.25, -0.2) is 0 Å². The van der Waals surface area contributed by atoms with E-state index in [4.69, 9.17) is 0 Å². The van der Waals surface area contributed by atoms with Crippen LogP contribution in [0.2, 0.25) is 0 Å². The molecule has 1 nitrogen and oxygen atoms in total. The molecule has 1 aromatic rings. The summed E-state index contributed by atoms with van der Waals surface area (Å²) in [5.74, 6) is 0. The molecule has 0 saturated carbocycles. The highest BCUT2D eigenvalue weighted by molar-refractivity contribution is 7.10. The third kappa shape index (κ3) is 1.54. The summed E-state index contributed by atoms with van der Waals surface area (Å²) in [7, 11) is 2.07. The van der Waals surface area contributed by atoms with Crippen molar-refractivity contribution in [2.75, 3.05) is 7.05 Å². The molecule has 1 aliphatic rings. The van der Waals surface area contributed by atoms with Crippen molar-refractivity contribution in [3.8, 4) is 0 Å². The minimum Gasteiger partial charge on any atom is -0.317 e. The van der Waals surface area contributed by atoms with Crippen LogP contribution in [0.15, 0.2) is 11.4 Å². The Hall–Kier alpha value is -0.340. The molecular weight excluding hydrogens is 166 g/mol. The Balaban J connectivity index is 2.10. The normalized spacial score (nSPS) is 23.2. The molecule has 0 radical (unpaired) electrons.